The van der Waals surface area contributed by atoms with E-state index >= 15 is 0 Å². The highest BCUT2D eigenvalue weighted by molar-refractivity contribution is 6.02. The van der Waals surface area contributed by atoms with Crippen LogP contribution in [-0.4, -0.2) is 33.8 Å². The van der Waals surface area contributed by atoms with Crippen LogP contribution in [0.3, 0.4) is 0 Å². The monoisotopic (exact) mass is 420 g/mol. The van der Waals surface area contributed by atoms with Gasteiger partial charge in [-0.05, 0) is 37.3 Å². The minimum atomic E-state index is -0.838. The van der Waals surface area contributed by atoms with Gasteiger partial charge in [0, 0.05) is 23.3 Å². The molecule has 2 heterocycles. The summed E-state index contributed by atoms with van der Waals surface area (Å²) in [6.45, 7) is 1.68. The van der Waals surface area contributed by atoms with Crippen molar-refractivity contribution < 1.29 is 23.5 Å². The van der Waals surface area contributed by atoms with Gasteiger partial charge in [-0.2, -0.15) is 0 Å². The molecular formula is C22H17FN4O4. The Morgan fingerprint density at radius 2 is 1.94 bits per heavy atom. The molecule has 156 valence electrons. The summed E-state index contributed by atoms with van der Waals surface area (Å²) in [5.74, 6) is -0.198. The van der Waals surface area contributed by atoms with E-state index in [1.54, 1.807) is 49.5 Å². The number of carbonyl (C=O) groups is 2. The van der Waals surface area contributed by atoms with Gasteiger partial charge in [0.25, 0.3) is 5.91 Å². The van der Waals surface area contributed by atoms with Crippen molar-refractivity contribution in [3.05, 3.63) is 78.0 Å². The number of rotatable bonds is 4. The lowest BCUT2D eigenvalue weighted by atomic mass is 10.2. The summed E-state index contributed by atoms with van der Waals surface area (Å²) >= 11 is 0. The predicted octanol–water partition coefficient (Wildman–Crippen LogP) is 4.07. The highest BCUT2D eigenvalue weighted by Gasteiger charge is 2.16. The fourth-order valence-corrected chi connectivity index (χ4v) is 3.08. The maximum atomic E-state index is 13.5. The van der Waals surface area contributed by atoms with E-state index in [2.05, 4.69) is 20.1 Å². The Morgan fingerprint density at radius 1 is 1.13 bits per heavy atom. The van der Waals surface area contributed by atoms with Gasteiger partial charge in [-0.1, -0.05) is 18.2 Å². The third-order valence-electron chi connectivity index (χ3n) is 4.58. The number of nitrogens with one attached hydrogen (secondary N) is 1. The summed E-state index contributed by atoms with van der Waals surface area (Å²) in [5.41, 5.74) is 4.59. The number of ether oxygens (including phenoxy) is 2. The van der Waals surface area contributed by atoms with E-state index in [4.69, 9.17) is 4.74 Å². The quantitative estimate of drug-likeness (QED) is 0.395. The van der Waals surface area contributed by atoms with Crippen molar-refractivity contribution in [2.24, 2.45) is 0 Å². The number of hydrogen-bond acceptors (Lipinski definition) is 6. The molecule has 2 aromatic heterocycles. The van der Waals surface area contributed by atoms with Crippen molar-refractivity contribution in [3.63, 3.8) is 0 Å². The third-order valence-corrected chi connectivity index (χ3v) is 4.58. The van der Waals surface area contributed by atoms with Crippen molar-refractivity contribution in [1.29, 1.82) is 0 Å². The average molecular weight is 420 g/mol. The van der Waals surface area contributed by atoms with Crippen LogP contribution in [0.4, 0.5) is 9.18 Å². The van der Waals surface area contributed by atoms with Crippen LogP contribution in [-0.2, 0) is 4.74 Å². The van der Waals surface area contributed by atoms with Gasteiger partial charge in [0.2, 0.25) is 0 Å². The summed E-state index contributed by atoms with van der Waals surface area (Å²) in [4.78, 5) is 32.8. The number of aryl methyl sites for hydroxylation is 1. The van der Waals surface area contributed by atoms with Gasteiger partial charge in [0.05, 0.1) is 23.9 Å². The highest BCUT2D eigenvalue weighted by atomic mass is 19.1. The highest BCUT2D eigenvalue weighted by Crippen LogP contribution is 2.26. The number of carbonyl (C=O) groups excluding carboxylic acids is 2. The zero-order valence-electron chi connectivity index (χ0n) is 16.6. The second kappa shape index (κ2) is 8.23. The Balaban J connectivity index is 1.59. The average Bonchev–Trinajstić information content (AvgIpc) is 3.17. The lowest BCUT2D eigenvalue weighted by Gasteiger charge is -2.11. The van der Waals surface area contributed by atoms with E-state index in [0.717, 1.165) is 0 Å². The summed E-state index contributed by atoms with van der Waals surface area (Å²) in [6.07, 6.45) is 2.19. The number of amides is 1. The molecule has 2 aromatic carbocycles. The molecule has 0 aliphatic carbocycles. The largest absolute Gasteiger partial charge is 0.513 e. The van der Waals surface area contributed by atoms with Crippen molar-refractivity contribution in [3.8, 4) is 17.1 Å². The standard InChI is InChI=1S/C22H17FN4O4/c1-13-17(12-24-20(25-13)14-5-3-6-15(23)11-14)21(28)26-27-10-9-16-18(27)7-4-8-19(16)31-22(29)30-2/h3-12H,1-2H3,(H,26,28). The van der Waals surface area contributed by atoms with Crippen molar-refractivity contribution in [1.82, 2.24) is 14.6 Å². The Bertz CT molecular complexity index is 1300. The minimum Gasteiger partial charge on any atom is -0.437 e. The lowest BCUT2D eigenvalue weighted by molar-refractivity contribution is 0.101. The van der Waals surface area contributed by atoms with E-state index in [-0.39, 0.29) is 5.56 Å². The Labute approximate surface area is 176 Å². The van der Waals surface area contributed by atoms with Crippen LogP contribution in [0.1, 0.15) is 16.1 Å². The maximum Gasteiger partial charge on any atom is 0.513 e. The molecule has 31 heavy (non-hydrogen) atoms. The van der Waals surface area contributed by atoms with Crippen LogP contribution in [0.2, 0.25) is 0 Å². The van der Waals surface area contributed by atoms with Crippen molar-refractivity contribution >= 4 is 23.0 Å². The van der Waals surface area contributed by atoms with Crippen molar-refractivity contribution in [2.45, 2.75) is 6.92 Å². The Morgan fingerprint density at radius 3 is 2.68 bits per heavy atom. The summed E-state index contributed by atoms with van der Waals surface area (Å²) in [7, 11) is 1.22. The minimum absolute atomic E-state index is 0.268. The summed E-state index contributed by atoms with van der Waals surface area (Å²) in [5, 5.41) is 0.614. The molecular weight excluding hydrogens is 403 g/mol. The first kappa shape index (κ1) is 20.0. The molecule has 0 fully saturated rings. The molecule has 0 atom stereocenters. The first-order valence-electron chi connectivity index (χ1n) is 9.23. The van der Waals surface area contributed by atoms with Gasteiger partial charge >= 0.3 is 6.16 Å². The third kappa shape index (κ3) is 4.06. The van der Waals surface area contributed by atoms with E-state index in [0.29, 0.717) is 33.7 Å². The molecule has 1 N–H and O–H groups in total. The molecule has 0 aliphatic rings. The fourth-order valence-electron chi connectivity index (χ4n) is 3.08. The van der Waals surface area contributed by atoms with Crippen LogP contribution in [0.15, 0.2) is 60.9 Å². The Hall–Kier alpha value is -4.27. The van der Waals surface area contributed by atoms with E-state index in [1.807, 2.05) is 0 Å². The topological polar surface area (TPSA) is 95.3 Å². The van der Waals surface area contributed by atoms with Gasteiger partial charge < -0.3 is 9.47 Å². The first-order chi connectivity index (χ1) is 15.0. The molecule has 1 amide bonds. The van der Waals surface area contributed by atoms with Gasteiger partial charge in [-0.15, -0.1) is 0 Å². The van der Waals surface area contributed by atoms with Gasteiger partial charge in [0.15, 0.2) is 5.82 Å². The van der Waals surface area contributed by atoms with Crippen molar-refractivity contribution in [2.75, 3.05) is 12.5 Å². The van der Waals surface area contributed by atoms with Crippen LogP contribution in [0.5, 0.6) is 5.75 Å². The molecule has 0 spiro atoms. The lowest BCUT2D eigenvalue weighted by Crippen LogP contribution is -2.23. The number of aromatic nitrogens is 3. The van der Waals surface area contributed by atoms with E-state index in [9.17, 15) is 14.0 Å². The van der Waals surface area contributed by atoms with Gasteiger partial charge in [-0.3, -0.25) is 14.9 Å². The smallest absolute Gasteiger partial charge is 0.437 e. The molecule has 0 bridgehead atoms. The van der Waals surface area contributed by atoms with Crippen LogP contribution in [0.25, 0.3) is 22.3 Å². The first-order valence-corrected chi connectivity index (χ1v) is 9.23. The molecule has 0 saturated heterocycles. The predicted molar refractivity (Wildman–Crippen MR) is 111 cm³/mol. The summed E-state index contributed by atoms with van der Waals surface area (Å²) < 4.78 is 24.6. The second-order valence-electron chi connectivity index (χ2n) is 6.57. The zero-order valence-corrected chi connectivity index (χ0v) is 16.6. The summed E-state index contributed by atoms with van der Waals surface area (Å²) in [6, 6.07) is 12.7. The molecule has 8 nitrogen and oxygen atoms in total. The van der Waals surface area contributed by atoms with E-state index in [1.165, 1.54) is 30.1 Å². The van der Waals surface area contributed by atoms with E-state index < -0.39 is 17.9 Å². The fraction of sp³-hybridized carbons (Fsp3) is 0.0909. The number of fused-ring (bicyclic) bond motifs is 1. The maximum absolute atomic E-state index is 13.5. The number of methoxy groups -OCH3 is 1. The van der Waals surface area contributed by atoms with Crippen LogP contribution < -0.4 is 10.2 Å². The molecule has 0 saturated carbocycles. The van der Waals surface area contributed by atoms with Gasteiger partial charge in [-0.25, -0.2) is 19.2 Å². The molecule has 0 aliphatic heterocycles. The molecule has 0 unspecified atom stereocenters. The number of hydrogen-bond donors (Lipinski definition) is 1. The Kier molecular flexibility index (Phi) is 5.31. The number of halogens is 1. The van der Waals surface area contributed by atoms with Crippen LogP contribution >= 0.6 is 0 Å². The van der Waals surface area contributed by atoms with Crippen LogP contribution in [0, 0.1) is 12.7 Å². The number of nitrogens with zero attached hydrogens (tertiary/aromatic N) is 3. The SMILES string of the molecule is COC(=O)Oc1cccc2c1ccn2NC(=O)c1cnc(-c2cccc(F)c2)nc1C. The number of benzene rings is 2. The molecule has 4 rings (SSSR count). The normalized spacial score (nSPS) is 10.7. The molecule has 9 heteroatoms. The molecule has 0 radical (unpaired) electrons. The van der Waals surface area contributed by atoms with Gasteiger partial charge in [0.1, 0.15) is 11.6 Å². The zero-order chi connectivity index (χ0) is 22.0. The second-order valence-corrected chi connectivity index (χ2v) is 6.57. The molecule has 4 aromatic rings.